The minimum absolute atomic E-state index is 0.0582. The van der Waals surface area contributed by atoms with E-state index in [0.717, 1.165) is 11.6 Å². The number of primary amides is 1. The molecule has 0 bridgehead atoms. The number of carboxylic acids is 1. The van der Waals surface area contributed by atoms with Crippen molar-refractivity contribution >= 4 is 11.9 Å². The highest BCUT2D eigenvalue weighted by Crippen LogP contribution is 2.06. The zero-order chi connectivity index (χ0) is 14.7. The van der Waals surface area contributed by atoms with Crippen LogP contribution in [0.1, 0.15) is 26.3 Å². The Hall–Kier alpha value is -2.89. The number of hydrogen-bond acceptors (Lipinski definition) is 3. The van der Waals surface area contributed by atoms with Crippen LogP contribution >= 0.6 is 0 Å². The summed E-state index contributed by atoms with van der Waals surface area (Å²) in [5.41, 5.74) is 5.79. The minimum atomic E-state index is -1.15. The van der Waals surface area contributed by atoms with Crippen molar-refractivity contribution in [1.82, 2.24) is 4.57 Å². The molecule has 1 heterocycles. The Balaban J connectivity index is 2.31. The molecule has 2 aromatic rings. The normalized spacial score (nSPS) is 10.2. The summed E-state index contributed by atoms with van der Waals surface area (Å²) in [5.74, 6) is -1.69. The number of nitrogens with zero attached hydrogens (tertiary/aromatic N) is 1. The van der Waals surface area contributed by atoms with Gasteiger partial charge < -0.3 is 15.4 Å². The molecule has 1 aromatic carbocycles. The summed E-state index contributed by atoms with van der Waals surface area (Å²) >= 11 is 0. The van der Waals surface area contributed by atoms with Gasteiger partial charge in [0.25, 0.3) is 5.56 Å². The number of nitrogens with two attached hydrogens (primary N) is 1. The lowest BCUT2D eigenvalue weighted by molar-refractivity contribution is 0.0696. The Morgan fingerprint density at radius 1 is 1.15 bits per heavy atom. The van der Waals surface area contributed by atoms with Crippen molar-refractivity contribution < 1.29 is 14.7 Å². The van der Waals surface area contributed by atoms with Gasteiger partial charge >= 0.3 is 5.97 Å². The molecule has 102 valence electrons. The summed E-state index contributed by atoms with van der Waals surface area (Å²) in [7, 11) is 0. The molecule has 0 spiro atoms. The predicted molar refractivity (Wildman–Crippen MR) is 71.7 cm³/mol. The molecule has 0 radical (unpaired) electrons. The third kappa shape index (κ3) is 2.92. The first-order valence-electron chi connectivity index (χ1n) is 5.80. The Kier molecular flexibility index (Phi) is 3.65. The van der Waals surface area contributed by atoms with Crippen molar-refractivity contribution in [2.75, 3.05) is 0 Å². The highest BCUT2D eigenvalue weighted by molar-refractivity contribution is 5.92. The van der Waals surface area contributed by atoms with Gasteiger partial charge in [-0.05, 0) is 23.8 Å². The van der Waals surface area contributed by atoms with E-state index in [0.29, 0.717) is 5.56 Å². The van der Waals surface area contributed by atoms with Crippen LogP contribution in [0, 0.1) is 0 Å². The Morgan fingerprint density at radius 3 is 2.50 bits per heavy atom. The average Bonchev–Trinajstić information content (AvgIpc) is 2.41. The maximum atomic E-state index is 11.8. The first-order chi connectivity index (χ1) is 9.47. The lowest BCUT2D eigenvalue weighted by Gasteiger charge is -2.07. The van der Waals surface area contributed by atoms with Gasteiger partial charge in [0, 0.05) is 17.8 Å². The maximum absolute atomic E-state index is 11.8. The van der Waals surface area contributed by atoms with Crippen LogP contribution in [0.25, 0.3) is 0 Å². The second-order valence-corrected chi connectivity index (χ2v) is 4.25. The summed E-state index contributed by atoms with van der Waals surface area (Å²) in [6, 6.07) is 9.01. The van der Waals surface area contributed by atoms with E-state index in [1.165, 1.54) is 16.8 Å². The molecule has 0 aliphatic rings. The van der Waals surface area contributed by atoms with E-state index in [4.69, 9.17) is 10.8 Å². The number of carboxylic acid groups (broad SMARTS) is 1. The van der Waals surface area contributed by atoms with Gasteiger partial charge in [-0.3, -0.25) is 9.59 Å². The zero-order valence-electron chi connectivity index (χ0n) is 10.4. The molecule has 0 saturated heterocycles. The molecule has 0 saturated carbocycles. The highest BCUT2D eigenvalue weighted by atomic mass is 16.4. The van der Waals surface area contributed by atoms with Crippen LogP contribution in [0.2, 0.25) is 0 Å². The van der Waals surface area contributed by atoms with E-state index in [2.05, 4.69) is 0 Å². The van der Waals surface area contributed by atoms with Gasteiger partial charge in [-0.1, -0.05) is 12.1 Å². The van der Waals surface area contributed by atoms with E-state index in [-0.39, 0.29) is 12.1 Å². The molecule has 6 heteroatoms. The smallest absolute Gasteiger partial charge is 0.335 e. The molecule has 3 N–H and O–H groups in total. The molecule has 1 aromatic heterocycles. The summed E-state index contributed by atoms with van der Waals surface area (Å²) < 4.78 is 1.35. The van der Waals surface area contributed by atoms with Gasteiger partial charge in [0.05, 0.1) is 12.1 Å². The van der Waals surface area contributed by atoms with Crippen molar-refractivity contribution in [2.24, 2.45) is 5.73 Å². The van der Waals surface area contributed by atoms with Crippen LogP contribution in [0.5, 0.6) is 0 Å². The highest BCUT2D eigenvalue weighted by Gasteiger charge is 2.06. The minimum Gasteiger partial charge on any atom is -0.478 e. The lowest BCUT2D eigenvalue weighted by atomic mass is 10.1. The van der Waals surface area contributed by atoms with Crippen LogP contribution < -0.4 is 11.3 Å². The van der Waals surface area contributed by atoms with Crippen molar-refractivity contribution in [2.45, 2.75) is 6.54 Å². The molecule has 0 aliphatic carbocycles. The van der Waals surface area contributed by atoms with Crippen molar-refractivity contribution in [3.8, 4) is 0 Å². The average molecular weight is 272 g/mol. The van der Waals surface area contributed by atoms with Crippen molar-refractivity contribution in [3.63, 3.8) is 0 Å². The number of rotatable bonds is 4. The predicted octanol–water partition coefficient (Wildman–Crippen LogP) is 0.694. The molecular formula is C14H12N2O4. The monoisotopic (exact) mass is 272 g/mol. The number of amides is 1. The molecule has 0 fully saturated rings. The van der Waals surface area contributed by atoms with Gasteiger partial charge in [0.2, 0.25) is 5.91 Å². The standard InChI is InChI=1S/C14H12N2O4/c15-13(18)10-3-1-2-9(6-10)8-16-5-4-11(14(19)20)7-12(16)17/h1-7H,8H2,(H2,15,18)(H,19,20). The molecule has 2 rings (SSSR count). The number of carbonyl (C=O) groups is 2. The fraction of sp³-hybridized carbons (Fsp3) is 0.0714. The SMILES string of the molecule is NC(=O)c1cccc(Cn2ccc(C(=O)O)cc2=O)c1. The first-order valence-corrected chi connectivity index (χ1v) is 5.80. The third-order valence-electron chi connectivity index (χ3n) is 2.81. The number of benzene rings is 1. The number of carbonyl (C=O) groups excluding carboxylic acids is 1. The van der Waals surface area contributed by atoms with Crippen LogP contribution in [0.3, 0.4) is 0 Å². The van der Waals surface area contributed by atoms with Crippen molar-refractivity contribution in [1.29, 1.82) is 0 Å². The van der Waals surface area contributed by atoms with Gasteiger partial charge in [-0.2, -0.15) is 0 Å². The molecule has 1 amide bonds. The van der Waals surface area contributed by atoms with E-state index < -0.39 is 17.4 Å². The van der Waals surface area contributed by atoms with Gasteiger partial charge in [-0.25, -0.2) is 4.79 Å². The van der Waals surface area contributed by atoms with E-state index in [1.54, 1.807) is 24.3 Å². The zero-order valence-corrected chi connectivity index (χ0v) is 10.4. The summed E-state index contributed by atoms with van der Waals surface area (Å²) in [4.78, 5) is 33.6. The van der Waals surface area contributed by atoms with E-state index in [1.807, 2.05) is 0 Å². The molecular weight excluding hydrogens is 260 g/mol. The number of pyridine rings is 1. The van der Waals surface area contributed by atoms with Crippen molar-refractivity contribution in [3.05, 3.63) is 69.6 Å². The van der Waals surface area contributed by atoms with Gasteiger partial charge in [0.1, 0.15) is 0 Å². The Bertz CT molecular complexity index is 734. The maximum Gasteiger partial charge on any atom is 0.335 e. The largest absolute Gasteiger partial charge is 0.478 e. The fourth-order valence-electron chi connectivity index (χ4n) is 1.79. The lowest BCUT2D eigenvalue weighted by Crippen LogP contribution is -2.21. The molecule has 0 atom stereocenters. The van der Waals surface area contributed by atoms with Gasteiger partial charge in [-0.15, -0.1) is 0 Å². The number of aromatic carboxylic acids is 1. The van der Waals surface area contributed by atoms with Crippen LogP contribution in [-0.4, -0.2) is 21.6 Å². The van der Waals surface area contributed by atoms with E-state index >= 15 is 0 Å². The number of aromatic nitrogens is 1. The summed E-state index contributed by atoms with van der Waals surface area (Å²) in [6.45, 7) is 0.236. The van der Waals surface area contributed by atoms with E-state index in [9.17, 15) is 14.4 Å². The van der Waals surface area contributed by atoms with Crippen LogP contribution in [-0.2, 0) is 6.54 Å². The Morgan fingerprint density at radius 2 is 1.90 bits per heavy atom. The second kappa shape index (κ2) is 5.40. The molecule has 0 unspecified atom stereocenters. The summed E-state index contributed by atoms with van der Waals surface area (Å²) in [6.07, 6.45) is 1.41. The van der Waals surface area contributed by atoms with Crippen LogP contribution in [0.15, 0.2) is 47.4 Å². The molecule has 0 aliphatic heterocycles. The molecule has 20 heavy (non-hydrogen) atoms. The molecule has 6 nitrogen and oxygen atoms in total. The van der Waals surface area contributed by atoms with Gasteiger partial charge in [0.15, 0.2) is 0 Å². The summed E-state index contributed by atoms with van der Waals surface area (Å²) in [5, 5.41) is 8.79. The van der Waals surface area contributed by atoms with Crippen LogP contribution in [0.4, 0.5) is 0 Å². The Labute approximate surface area is 114 Å². The first kappa shape index (κ1) is 13.5. The topological polar surface area (TPSA) is 102 Å². The fourth-order valence-corrected chi connectivity index (χ4v) is 1.79. The second-order valence-electron chi connectivity index (χ2n) is 4.25. The third-order valence-corrected chi connectivity index (χ3v) is 2.81. The number of hydrogen-bond donors (Lipinski definition) is 2. The quantitative estimate of drug-likeness (QED) is 0.854.